The number of amides is 2. The van der Waals surface area contributed by atoms with E-state index in [2.05, 4.69) is 15.1 Å². The SMILES string of the molecule is COc1ccnc(-n2ccc(OCc3c(C)cccc3N(N)C(=O)N(C)N)n2)n1. The number of urea groups is 1. The maximum Gasteiger partial charge on any atom is 0.352 e. The Balaban J connectivity index is 1.79. The molecule has 2 amide bonds. The number of rotatable bonds is 6. The van der Waals surface area contributed by atoms with Gasteiger partial charge in [0.2, 0.25) is 11.8 Å². The summed E-state index contributed by atoms with van der Waals surface area (Å²) in [5.41, 5.74) is 2.13. The van der Waals surface area contributed by atoms with Gasteiger partial charge in [-0.1, -0.05) is 12.1 Å². The third-order valence-corrected chi connectivity index (χ3v) is 4.11. The number of carbonyl (C=O) groups is 1. The first-order valence-electron chi connectivity index (χ1n) is 8.62. The van der Waals surface area contributed by atoms with Crippen molar-refractivity contribution in [2.45, 2.75) is 13.5 Å². The summed E-state index contributed by atoms with van der Waals surface area (Å²) >= 11 is 0. The minimum atomic E-state index is -0.559. The number of benzene rings is 1. The summed E-state index contributed by atoms with van der Waals surface area (Å²) in [5.74, 6) is 12.6. The lowest BCUT2D eigenvalue weighted by Crippen LogP contribution is -2.49. The zero-order valence-corrected chi connectivity index (χ0v) is 16.3. The Kier molecular flexibility index (Phi) is 5.90. The summed E-state index contributed by atoms with van der Waals surface area (Å²) in [7, 11) is 2.94. The van der Waals surface area contributed by atoms with Gasteiger partial charge in [-0.25, -0.2) is 31.2 Å². The van der Waals surface area contributed by atoms with E-state index in [1.165, 1.54) is 18.8 Å². The minimum Gasteiger partial charge on any atom is -0.481 e. The molecule has 0 aliphatic heterocycles. The molecule has 0 fully saturated rings. The average molecular weight is 398 g/mol. The predicted molar refractivity (Wildman–Crippen MR) is 105 cm³/mol. The van der Waals surface area contributed by atoms with Crippen molar-refractivity contribution >= 4 is 11.7 Å². The Hall–Kier alpha value is -3.70. The van der Waals surface area contributed by atoms with Crippen LogP contribution in [0, 0.1) is 6.92 Å². The van der Waals surface area contributed by atoms with E-state index < -0.39 is 6.03 Å². The number of nitrogens with two attached hydrogens (primary N) is 2. The van der Waals surface area contributed by atoms with Gasteiger partial charge >= 0.3 is 6.03 Å². The summed E-state index contributed by atoms with van der Waals surface area (Å²) in [4.78, 5) is 20.5. The number of hydrogen-bond acceptors (Lipinski definition) is 8. The van der Waals surface area contributed by atoms with Crippen molar-refractivity contribution in [3.8, 4) is 17.7 Å². The van der Waals surface area contributed by atoms with Gasteiger partial charge < -0.3 is 9.47 Å². The van der Waals surface area contributed by atoms with Crippen LogP contribution in [-0.2, 0) is 6.61 Å². The van der Waals surface area contributed by atoms with Gasteiger partial charge in [0.1, 0.15) is 6.61 Å². The molecule has 2 aromatic heterocycles. The van der Waals surface area contributed by atoms with Gasteiger partial charge in [-0.05, 0) is 18.6 Å². The minimum absolute atomic E-state index is 0.146. The number of ether oxygens (including phenoxy) is 2. The molecule has 11 nitrogen and oxygen atoms in total. The number of nitrogens with zero attached hydrogens (tertiary/aromatic N) is 6. The number of aryl methyl sites for hydroxylation is 1. The highest BCUT2D eigenvalue weighted by Gasteiger charge is 2.19. The van der Waals surface area contributed by atoms with E-state index in [0.29, 0.717) is 23.4 Å². The van der Waals surface area contributed by atoms with E-state index in [-0.39, 0.29) is 6.61 Å². The van der Waals surface area contributed by atoms with E-state index in [1.807, 2.05) is 13.0 Å². The zero-order valence-electron chi connectivity index (χ0n) is 16.3. The van der Waals surface area contributed by atoms with Gasteiger partial charge in [-0.3, -0.25) is 5.01 Å². The number of aromatic nitrogens is 4. The van der Waals surface area contributed by atoms with Crippen LogP contribution in [-0.4, -0.2) is 44.9 Å². The van der Waals surface area contributed by atoms with Crippen LogP contribution in [0.25, 0.3) is 5.95 Å². The lowest BCUT2D eigenvalue weighted by molar-refractivity contribution is 0.216. The summed E-state index contributed by atoms with van der Waals surface area (Å²) in [6, 6.07) is 8.18. The van der Waals surface area contributed by atoms with Crippen LogP contribution >= 0.6 is 0 Å². The number of methoxy groups -OCH3 is 1. The molecule has 152 valence electrons. The van der Waals surface area contributed by atoms with E-state index in [0.717, 1.165) is 21.1 Å². The van der Waals surface area contributed by atoms with Crippen LogP contribution in [0.1, 0.15) is 11.1 Å². The lowest BCUT2D eigenvalue weighted by Gasteiger charge is -2.24. The molecular weight excluding hydrogens is 376 g/mol. The Labute approximate surface area is 167 Å². The third kappa shape index (κ3) is 4.42. The molecule has 29 heavy (non-hydrogen) atoms. The molecule has 0 radical (unpaired) electrons. The highest BCUT2D eigenvalue weighted by Crippen LogP contribution is 2.24. The molecule has 0 saturated carbocycles. The molecule has 11 heteroatoms. The maximum atomic E-state index is 12.1. The standard InChI is InChI=1S/C18H22N8O3/c1-12-5-4-6-14(26(20)18(27)24(2)19)13(12)11-29-16-8-10-25(23-16)17-21-9-7-15(22-17)28-3/h4-10H,11,19-20H2,1-3H3. The highest BCUT2D eigenvalue weighted by molar-refractivity contribution is 5.91. The first-order chi connectivity index (χ1) is 13.9. The van der Waals surface area contributed by atoms with Crippen molar-refractivity contribution < 1.29 is 14.3 Å². The second kappa shape index (κ2) is 8.54. The van der Waals surface area contributed by atoms with Crippen molar-refractivity contribution in [1.29, 1.82) is 0 Å². The highest BCUT2D eigenvalue weighted by atomic mass is 16.5. The molecule has 0 unspecified atom stereocenters. The van der Waals surface area contributed by atoms with Gasteiger partial charge in [0.25, 0.3) is 5.95 Å². The molecule has 0 aliphatic rings. The van der Waals surface area contributed by atoms with Gasteiger partial charge in [-0.15, -0.1) is 5.10 Å². The maximum absolute atomic E-state index is 12.1. The van der Waals surface area contributed by atoms with Crippen molar-refractivity contribution in [2.75, 3.05) is 19.2 Å². The Morgan fingerprint density at radius 1 is 1.21 bits per heavy atom. The molecule has 1 aromatic carbocycles. The van der Waals surface area contributed by atoms with Crippen molar-refractivity contribution in [1.82, 2.24) is 24.8 Å². The summed E-state index contributed by atoms with van der Waals surface area (Å²) < 4.78 is 12.4. The molecule has 3 aromatic rings. The van der Waals surface area contributed by atoms with E-state index in [4.69, 9.17) is 21.2 Å². The number of anilines is 1. The number of hydrogen-bond donors (Lipinski definition) is 2. The Bertz CT molecular complexity index is 1000. The second-order valence-corrected chi connectivity index (χ2v) is 6.12. The van der Waals surface area contributed by atoms with E-state index in [1.54, 1.807) is 36.7 Å². The summed E-state index contributed by atoms with van der Waals surface area (Å²) in [6.45, 7) is 2.04. The monoisotopic (exact) mass is 398 g/mol. The molecular formula is C18H22N8O3. The number of carbonyl (C=O) groups excluding carboxylic acids is 1. The smallest absolute Gasteiger partial charge is 0.352 e. The van der Waals surface area contributed by atoms with Gasteiger partial charge in [-0.2, -0.15) is 4.98 Å². The summed E-state index contributed by atoms with van der Waals surface area (Å²) in [6.07, 6.45) is 3.25. The predicted octanol–water partition coefficient (Wildman–Crippen LogP) is 1.16. The fourth-order valence-corrected chi connectivity index (χ4v) is 2.57. The van der Waals surface area contributed by atoms with Gasteiger partial charge in [0.15, 0.2) is 0 Å². The largest absolute Gasteiger partial charge is 0.481 e. The lowest BCUT2D eigenvalue weighted by atomic mass is 10.1. The first-order valence-corrected chi connectivity index (χ1v) is 8.62. The fourth-order valence-electron chi connectivity index (χ4n) is 2.57. The first kappa shape index (κ1) is 20.0. The van der Waals surface area contributed by atoms with Crippen LogP contribution in [0.15, 0.2) is 42.7 Å². The van der Waals surface area contributed by atoms with Crippen LogP contribution in [0.3, 0.4) is 0 Å². The van der Waals surface area contributed by atoms with Gasteiger partial charge in [0.05, 0.1) is 12.8 Å². The van der Waals surface area contributed by atoms with Crippen molar-refractivity contribution in [3.05, 3.63) is 53.9 Å². The molecule has 0 spiro atoms. The molecule has 3 rings (SSSR count). The topological polar surface area (TPSA) is 138 Å². The average Bonchev–Trinajstić information content (AvgIpc) is 3.20. The molecule has 4 N–H and O–H groups in total. The molecule has 0 saturated heterocycles. The van der Waals surface area contributed by atoms with Crippen molar-refractivity contribution in [3.63, 3.8) is 0 Å². The van der Waals surface area contributed by atoms with Crippen LogP contribution in [0.4, 0.5) is 10.5 Å². The van der Waals surface area contributed by atoms with Gasteiger partial charge in [0, 0.05) is 37.1 Å². The van der Waals surface area contributed by atoms with Crippen LogP contribution in [0.5, 0.6) is 11.8 Å². The Morgan fingerprint density at radius 3 is 2.72 bits per heavy atom. The van der Waals surface area contributed by atoms with E-state index >= 15 is 0 Å². The fraction of sp³-hybridized carbons (Fsp3) is 0.222. The molecule has 0 atom stereocenters. The Morgan fingerprint density at radius 2 is 2.00 bits per heavy atom. The zero-order chi connectivity index (χ0) is 21.0. The third-order valence-electron chi connectivity index (χ3n) is 4.11. The van der Waals surface area contributed by atoms with Crippen LogP contribution in [0.2, 0.25) is 0 Å². The second-order valence-electron chi connectivity index (χ2n) is 6.12. The quantitative estimate of drug-likeness (QED) is 0.358. The normalized spacial score (nSPS) is 10.5. The molecule has 0 aliphatic carbocycles. The van der Waals surface area contributed by atoms with Crippen LogP contribution < -0.4 is 26.2 Å². The molecule has 2 heterocycles. The molecule has 0 bridgehead atoms. The summed E-state index contributed by atoms with van der Waals surface area (Å²) in [5, 5.41) is 6.20. The van der Waals surface area contributed by atoms with E-state index in [9.17, 15) is 4.79 Å². The number of hydrazine groups is 2. The van der Waals surface area contributed by atoms with Crippen molar-refractivity contribution in [2.24, 2.45) is 11.7 Å².